The van der Waals surface area contributed by atoms with E-state index in [1.165, 1.54) is 10.9 Å². The number of carbonyl (C=O) groups excluding carboxylic acids is 1. The summed E-state index contributed by atoms with van der Waals surface area (Å²) in [5.74, 6) is 0.938. The first-order valence-electron chi connectivity index (χ1n) is 11.3. The standard InChI is InChI=1S/C26H28N6O/c1-30-24-9-5-3-7-21(24)23(29-30)18-31-12-14-32(15-13-31)26-11-10-20(17-28-26)25(33)16-19-6-2-4-8-22(19)27/h2-11,17H,12-16,18,27H2,1H3. The van der Waals surface area contributed by atoms with Gasteiger partial charge in [0, 0.05) is 69.0 Å². The molecule has 5 rings (SSSR count). The molecular weight excluding hydrogens is 412 g/mol. The molecular formula is C26H28N6O. The van der Waals surface area contributed by atoms with Gasteiger partial charge in [-0.05, 0) is 29.8 Å². The lowest BCUT2D eigenvalue weighted by Gasteiger charge is -2.35. The molecule has 0 bridgehead atoms. The van der Waals surface area contributed by atoms with Crippen LogP contribution in [0.4, 0.5) is 11.5 Å². The van der Waals surface area contributed by atoms with Crippen molar-refractivity contribution in [1.82, 2.24) is 19.7 Å². The third kappa shape index (κ3) is 4.45. The second kappa shape index (κ2) is 9.03. The van der Waals surface area contributed by atoms with Gasteiger partial charge in [-0.1, -0.05) is 36.4 Å². The zero-order chi connectivity index (χ0) is 22.8. The molecule has 2 aromatic heterocycles. The number of rotatable bonds is 6. The number of benzene rings is 2. The van der Waals surface area contributed by atoms with Crippen molar-refractivity contribution in [2.75, 3.05) is 36.8 Å². The summed E-state index contributed by atoms with van der Waals surface area (Å²) in [5, 5.41) is 5.96. The molecule has 0 atom stereocenters. The zero-order valence-electron chi connectivity index (χ0n) is 18.8. The lowest BCUT2D eigenvalue weighted by atomic mass is 10.0. The maximum Gasteiger partial charge on any atom is 0.168 e. The molecule has 7 heteroatoms. The SMILES string of the molecule is Cn1nc(CN2CCN(c3ccc(C(=O)Cc4ccccc4N)cn3)CC2)c2ccccc21. The minimum absolute atomic E-state index is 0.0272. The van der Waals surface area contributed by atoms with Crippen LogP contribution in [0.5, 0.6) is 0 Å². The lowest BCUT2D eigenvalue weighted by Crippen LogP contribution is -2.46. The molecule has 3 heterocycles. The van der Waals surface area contributed by atoms with Crippen molar-refractivity contribution < 1.29 is 4.79 Å². The normalized spacial score (nSPS) is 14.6. The maximum absolute atomic E-state index is 12.6. The highest BCUT2D eigenvalue weighted by Gasteiger charge is 2.20. The first-order valence-corrected chi connectivity index (χ1v) is 11.3. The topological polar surface area (TPSA) is 80.3 Å². The van der Waals surface area contributed by atoms with Gasteiger partial charge in [-0.25, -0.2) is 4.98 Å². The van der Waals surface area contributed by atoms with Gasteiger partial charge in [0.05, 0.1) is 11.2 Å². The summed E-state index contributed by atoms with van der Waals surface area (Å²) in [7, 11) is 2.00. The number of piperazine rings is 1. The Morgan fingerprint density at radius 3 is 2.48 bits per heavy atom. The number of Topliss-reactive ketones (excluding diaryl/α,β-unsaturated/α-hetero) is 1. The van der Waals surface area contributed by atoms with Crippen molar-refractivity contribution >= 4 is 28.2 Å². The Hall–Kier alpha value is -3.71. The highest BCUT2D eigenvalue weighted by molar-refractivity contribution is 5.98. The van der Waals surface area contributed by atoms with Gasteiger partial charge in [0.15, 0.2) is 5.78 Å². The van der Waals surface area contributed by atoms with Crippen molar-refractivity contribution in [3.63, 3.8) is 0 Å². The van der Waals surface area contributed by atoms with Gasteiger partial charge in [-0.2, -0.15) is 5.10 Å². The molecule has 168 valence electrons. The number of hydrogen-bond acceptors (Lipinski definition) is 6. The van der Waals surface area contributed by atoms with E-state index in [0.29, 0.717) is 11.3 Å². The van der Waals surface area contributed by atoms with Crippen LogP contribution in [0.1, 0.15) is 21.6 Å². The molecule has 0 unspecified atom stereocenters. The monoisotopic (exact) mass is 440 g/mol. The quantitative estimate of drug-likeness (QED) is 0.366. The highest BCUT2D eigenvalue weighted by atomic mass is 16.1. The molecule has 0 saturated carbocycles. The lowest BCUT2D eigenvalue weighted by molar-refractivity contribution is 0.0993. The summed E-state index contributed by atoms with van der Waals surface area (Å²) in [6.07, 6.45) is 1.97. The number of fused-ring (bicyclic) bond motifs is 1. The number of aromatic nitrogens is 3. The number of para-hydroxylation sites is 2. The fourth-order valence-electron chi connectivity index (χ4n) is 4.46. The Bertz CT molecular complexity index is 1270. The predicted molar refractivity (Wildman–Crippen MR) is 131 cm³/mol. The smallest absolute Gasteiger partial charge is 0.168 e. The number of ketones is 1. The van der Waals surface area contributed by atoms with Crippen LogP contribution in [0.2, 0.25) is 0 Å². The van der Waals surface area contributed by atoms with Gasteiger partial charge in [-0.15, -0.1) is 0 Å². The minimum atomic E-state index is 0.0272. The average Bonchev–Trinajstić information content (AvgIpc) is 3.16. The summed E-state index contributed by atoms with van der Waals surface area (Å²) in [6.45, 7) is 4.52. The van der Waals surface area contributed by atoms with Gasteiger partial charge < -0.3 is 10.6 Å². The summed E-state index contributed by atoms with van der Waals surface area (Å²) in [5.41, 5.74) is 10.4. The molecule has 1 aliphatic heterocycles. The second-order valence-corrected chi connectivity index (χ2v) is 8.55. The Labute approximate surface area is 193 Å². The van der Waals surface area contributed by atoms with Crippen LogP contribution >= 0.6 is 0 Å². The van der Waals surface area contributed by atoms with Crippen molar-refractivity contribution in [1.29, 1.82) is 0 Å². The molecule has 1 saturated heterocycles. The molecule has 33 heavy (non-hydrogen) atoms. The number of pyridine rings is 1. The first-order chi connectivity index (χ1) is 16.1. The molecule has 2 N–H and O–H groups in total. The Morgan fingerprint density at radius 2 is 1.73 bits per heavy atom. The first kappa shape index (κ1) is 21.2. The molecule has 0 radical (unpaired) electrons. The number of hydrogen-bond donors (Lipinski definition) is 1. The number of nitrogens with zero attached hydrogens (tertiary/aromatic N) is 5. The van der Waals surface area contributed by atoms with Gasteiger partial charge in [0.25, 0.3) is 0 Å². The van der Waals surface area contributed by atoms with Crippen LogP contribution in [0.3, 0.4) is 0 Å². The van der Waals surface area contributed by atoms with E-state index in [0.717, 1.165) is 49.8 Å². The Morgan fingerprint density at radius 1 is 0.970 bits per heavy atom. The highest BCUT2D eigenvalue weighted by Crippen LogP contribution is 2.21. The van der Waals surface area contributed by atoms with E-state index in [4.69, 9.17) is 10.8 Å². The summed E-state index contributed by atoms with van der Waals surface area (Å²) in [6, 6.07) is 19.7. The van der Waals surface area contributed by atoms with E-state index >= 15 is 0 Å². The average molecular weight is 441 g/mol. The van der Waals surface area contributed by atoms with Gasteiger partial charge in [0.1, 0.15) is 5.82 Å². The molecule has 1 aliphatic rings. The molecule has 1 fully saturated rings. The van der Waals surface area contributed by atoms with Crippen molar-refractivity contribution in [3.8, 4) is 0 Å². The third-order valence-electron chi connectivity index (χ3n) is 6.38. The molecule has 0 aliphatic carbocycles. The number of anilines is 2. The number of carbonyl (C=O) groups is 1. The van der Waals surface area contributed by atoms with E-state index < -0.39 is 0 Å². The van der Waals surface area contributed by atoms with E-state index in [1.807, 2.05) is 48.1 Å². The van der Waals surface area contributed by atoms with Crippen LogP contribution in [0.25, 0.3) is 10.9 Å². The predicted octanol–water partition coefficient (Wildman–Crippen LogP) is 3.30. The zero-order valence-corrected chi connectivity index (χ0v) is 18.8. The fourth-order valence-corrected chi connectivity index (χ4v) is 4.46. The molecule has 0 spiro atoms. The van der Waals surface area contributed by atoms with E-state index in [1.54, 1.807) is 6.20 Å². The maximum atomic E-state index is 12.6. The second-order valence-electron chi connectivity index (χ2n) is 8.55. The molecule has 2 aromatic carbocycles. The number of nitrogen functional groups attached to an aromatic ring is 1. The van der Waals surface area contributed by atoms with Crippen LogP contribution in [-0.4, -0.2) is 51.6 Å². The van der Waals surface area contributed by atoms with E-state index in [-0.39, 0.29) is 12.2 Å². The molecule has 4 aromatic rings. The van der Waals surface area contributed by atoms with Crippen LogP contribution in [0, 0.1) is 0 Å². The minimum Gasteiger partial charge on any atom is -0.398 e. The van der Waals surface area contributed by atoms with Crippen molar-refractivity contribution in [3.05, 3.63) is 83.7 Å². The Balaban J connectivity index is 1.19. The third-order valence-corrected chi connectivity index (χ3v) is 6.38. The summed E-state index contributed by atoms with van der Waals surface area (Å²) in [4.78, 5) is 21.9. The number of nitrogens with two attached hydrogens (primary N) is 1. The van der Waals surface area contributed by atoms with Gasteiger partial charge in [0.2, 0.25) is 0 Å². The Kier molecular flexibility index (Phi) is 5.79. The van der Waals surface area contributed by atoms with Gasteiger partial charge >= 0.3 is 0 Å². The largest absolute Gasteiger partial charge is 0.398 e. The van der Waals surface area contributed by atoms with Crippen LogP contribution in [-0.2, 0) is 20.0 Å². The van der Waals surface area contributed by atoms with E-state index in [9.17, 15) is 4.79 Å². The summed E-state index contributed by atoms with van der Waals surface area (Å²) >= 11 is 0. The summed E-state index contributed by atoms with van der Waals surface area (Å²) < 4.78 is 1.96. The van der Waals surface area contributed by atoms with Crippen molar-refractivity contribution in [2.45, 2.75) is 13.0 Å². The number of aryl methyl sites for hydroxylation is 1. The van der Waals surface area contributed by atoms with Crippen LogP contribution in [0.15, 0.2) is 66.9 Å². The van der Waals surface area contributed by atoms with Gasteiger partial charge in [-0.3, -0.25) is 14.4 Å². The van der Waals surface area contributed by atoms with Crippen LogP contribution < -0.4 is 10.6 Å². The molecule has 0 amide bonds. The van der Waals surface area contributed by atoms with E-state index in [2.05, 4.69) is 39.0 Å². The molecule has 7 nitrogen and oxygen atoms in total. The fraction of sp³-hybridized carbons (Fsp3) is 0.269. The van der Waals surface area contributed by atoms with Crippen molar-refractivity contribution in [2.24, 2.45) is 7.05 Å².